The molecule has 1 heterocycles. The Morgan fingerprint density at radius 1 is 1.10 bits per heavy atom. The summed E-state index contributed by atoms with van der Waals surface area (Å²) in [7, 11) is 0. The first-order chi connectivity index (χ1) is 9.82. The van der Waals surface area contributed by atoms with Gasteiger partial charge < -0.3 is 9.47 Å². The summed E-state index contributed by atoms with van der Waals surface area (Å²) >= 11 is 0. The maximum atomic E-state index is 13.0. The molecule has 0 spiro atoms. The van der Waals surface area contributed by atoms with Gasteiger partial charge in [-0.2, -0.15) is 18.4 Å². The highest BCUT2D eigenvalue weighted by Gasteiger charge is 2.34. The number of hydrogen-bond acceptors (Lipinski definition) is 3. The fourth-order valence-corrected chi connectivity index (χ4v) is 2.67. The van der Waals surface area contributed by atoms with Crippen molar-refractivity contribution in [2.24, 2.45) is 0 Å². The van der Waals surface area contributed by atoms with E-state index in [-0.39, 0.29) is 23.7 Å². The third-order valence-corrected chi connectivity index (χ3v) is 3.65. The molecule has 3 nitrogen and oxygen atoms in total. The van der Waals surface area contributed by atoms with E-state index in [1.165, 1.54) is 6.07 Å². The second kappa shape index (κ2) is 6.04. The van der Waals surface area contributed by atoms with Crippen molar-refractivity contribution >= 4 is 0 Å². The summed E-state index contributed by atoms with van der Waals surface area (Å²) < 4.78 is 50.0. The monoisotopic (exact) mass is 299 g/mol. The van der Waals surface area contributed by atoms with Gasteiger partial charge >= 0.3 is 6.18 Å². The molecule has 2 unspecified atom stereocenters. The Labute approximate surface area is 121 Å². The lowest BCUT2D eigenvalue weighted by Crippen LogP contribution is -2.27. The summed E-state index contributed by atoms with van der Waals surface area (Å²) in [5.41, 5.74) is -0.410. The second-order valence-electron chi connectivity index (χ2n) is 5.13. The molecule has 114 valence electrons. The molecular weight excluding hydrogens is 283 g/mol. The lowest BCUT2D eigenvalue weighted by atomic mass is 9.87. The summed E-state index contributed by atoms with van der Waals surface area (Å²) in [6, 6.07) is 5.20. The molecule has 6 heteroatoms. The van der Waals surface area contributed by atoms with Crippen molar-refractivity contribution in [1.82, 2.24) is 0 Å². The zero-order valence-electron chi connectivity index (χ0n) is 11.8. The predicted octanol–water partition coefficient (Wildman–Crippen LogP) is 3.48. The quantitative estimate of drug-likeness (QED) is 0.797. The molecule has 0 amide bonds. The van der Waals surface area contributed by atoms with Gasteiger partial charge in [-0.05, 0) is 37.6 Å². The van der Waals surface area contributed by atoms with Gasteiger partial charge in [-0.3, -0.25) is 0 Å². The van der Waals surface area contributed by atoms with E-state index in [1.807, 2.05) is 13.8 Å². The molecule has 1 aliphatic heterocycles. The van der Waals surface area contributed by atoms with Gasteiger partial charge in [0.1, 0.15) is 0 Å². The topological polar surface area (TPSA) is 42.2 Å². The highest BCUT2D eigenvalue weighted by molar-refractivity contribution is 5.40. The molecule has 2 rings (SSSR count). The average Bonchev–Trinajstić information content (AvgIpc) is 2.58. The minimum absolute atomic E-state index is 0.0107. The summed E-state index contributed by atoms with van der Waals surface area (Å²) in [5.74, 6) is -0.345. The normalized spacial score (nSPS) is 27.0. The highest BCUT2D eigenvalue weighted by Crippen LogP contribution is 2.35. The molecule has 0 saturated carbocycles. The summed E-state index contributed by atoms with van der Waals surface area (Å²) in [4.78, 5) is 0. The maximum absolute atomic E-state index is 13.0. The number of hydrogen-bond donors (Lipinski definition) is 0. The Kier molecular flexibility index (Phi) is 4.55. The number of nitrogens with zero attached hydrogens (tertiary/aromatic N) is 1. The number of ether oxygens (including phenoxy) is 2. The van der Waals surface area contributed by atoms with Crippen molar-refractivity contribution in [1.29, 1.82) is 5.26 Å². The van der Waals surface area contributed by atoms with E-state index in [0.717, 1.165) is 12.1 Å². The van der Waals surface area contributed by atoms with Gasteiger partial charge in [-0.15, -0.1) is 0 Å². The van der Waals surface area contributed by atoms with Crippen LogP contribution in [0.4, 0.5) is 13.2 Å². The van der Waals surface area contributed by atoms with E-state index in [2.05, 4.69) is 0 Å². The van der Waals surface area contributed by atoms with Crippen LogP contribution in [0.25, 0.3) is 0 Å². The van der Waals surface area contributed by atoms with Crippen molar-refractivity contribution in [2.75, 3.05) is 13.2 Å². The first-order valence-electron chi connectivity index (χ1n) is 6.68. The van der Waals surface area contributed by atoms with Gasteiger partial charge in [0.2, 0.25) is 0 Å². The molecule has 1 aromatic carbocycles. The van der Waals surface area contributed by atoms with Crippen LogP contribution in [-0.2, 0) is 15.7 Å². The third-order valence-electron chi connectivity index (χ3n) is 3.65. The number of nitriles is 1. The summed E-state index contributed by atoms with van der Waals surface area (Å²) in [6.07, 6.45) is -5.05. The molecule has 1 aliphatic rings. The van der Waals surface area contributed by atoms with Crippen LogP contribution in [0.15, 0.2) is 18.2 Å². The first-order valence-corrected chi connectivity index (χ1v) is 6.68. The van der Waals surface area contributed by atoms with Gasteiger partial charge in [-0.1, -0.05) is 0 Å². The molecule has 2 atom stereocenters. The molecule has 0 aromatic heterocycles. The largest absolute Gasteiger partial charge is 0.416 e. The number of rotatable bonds is 1. The van der Waals surface area contributed by atoms with Crippen LogP contribution in [0.1, 0.15) is 36.5 Å². The first kappa shape index (κ1) is 15.8. The molecule has 21 heavy (non-hydrogen) atoms. The molecule has 1 aromatic rings. The molecule has 0 aliphatic carbocycles. The van der Waals surface area contributed by atoms with E-state index in [0.29, 0.717) is 18.8 Å². The fraction of sp³-hybridized carbons (Fsp3) is 0.533. The molecule has 0 N–H and O–H groups in total. The van der Waals surface area contributed by atoms with Crippen LogP contribution < -0.4 is 0 Å². The molecular formula is C15H16F3NO2. The average molecular weight is 299 g/mol. The minimum atomic E-state index is -4.49. The van der Waals surface area contributed by atoms with E-state index in [9.17, 15) is 13.2 Å². The van der Waals surface area contributed by atoms with E-state index in [1.54, 1.807) is 6.07 Å². The number of halogens is 3. The summed E-state index contributed by atoms with van der Waals surface area (Å²) in [5, 5.41) is 8.96. The molecule has 0 radical (unpaired) electrons. The fourth-order valence-electron chi connectivity index (χ4n) is 2.67. The van der Waals surface area contributed by atoms with Crippen LogP contribution in [0.3, 0.4) is 0 Å². The van der Waals surface area contributed by atoms with Crippen molar-refractivity contribution in [3.63, 3.8) is 0 Å². The van der Waals surface area contributed by atoms with Gasteiger partial charge in [-0.25, -0.2) is 0 Å². The minimum Gasteiger partial charge on any atom is -0.375 e. The van der Waals surface area contributed by atoms with Crippen LogP contribution in [0, 0.1) is 11.3 Å². The standard InChI is InChI=1S/C15H16F3NO2/c1-9-14(10(2)21-4-3-20-9)12-5-11(8-19)6-13(7-12)15(16,17)18/h5-7,9-10,14H,3-4H2,1-2H3. The van der Waals surface area contributed by atoms with Crippen molar-refractivity contribution in [3.05, 3.63) is 34.9 Å². The third kappa shape index (κ3) is 3.55. The zero-order valence-corrected chi connectivity index (χ0v) is 11.8. The second-order valence-corrected chi connectivity index (χ2v) is 5.13. The Hall–Kier alpha value is -1.58. The lowest BCUT2D eigenvalue weighted by Gasteiger charge is -2.27. The van der Waals surface area contributed by atoms with Crippen molar-refractivity contribution < 1.29 is 22.6 Å². The van der Waals surface area contributed by atoms with Crippen molar-refractivity contribution in [3.8, 4) is 6.07 Å². The molecule has 0 bridgehead atoms. The van der Waals surface area contributed by atoms with E-state index >= 15 is 0 Å². The van der Waals surface area contributed by atoms with Crippen LogP contribution in [0.5, 0.6) is 0 Å². The molecule has 1 fully saturated rings. The van der Waals surface area contributed by atoms with Gasteiger partial charge in [0.25, 0.3) is 0 Å². The van der Waals surface area contributed by atoms with Crippen molar-refractivity contribution in [2.45, 2.75) is 38.1 Å². The van der Waals surface area contributed by atoms with Gasteiger partial charge in [0.05, 0.1) is 42.6 Å². The van der Waals surface area contributed by atoms with Gasteiger partial charge in [0, 0.05) is 5.92 Å². The predicted molar refractivity (Wildman–Crippen MR) is 69.7 cm³/mol. The number of benzene rings is 1. The van der Waals surface area contributed by atoms with E-state index in [4.69, 9.17) is 14.7 Å². The highest BCUT2D eigenvalue weighted by atomic mass is 19.4. The van der Waals surface area contributed by atoms with Gasteiger partial charge in [0.15, 0.2) is 0 Å². The SMILES string of the molecule is CC1OCCOC(C)C1c1cc(C#N)cc(C(F)(F)F)c1. The lowest BCUT2D eigenvalue weighted by molar-refractivity contribution is -0.137. The maximum Gasteiger partial charge on any atom is 0.416 e. The number of alkyl halides is 3. The Morgan fingerprint density at radius 3 is 2.14 bits per heavy atom. The van der Waals surface area contributed by atoms with E-state index < -0.39 is 11.7 Å². The Balaban J connectivity index is 2.48. The summed E-state index contributed by atoms with van der Waals surface area (Å²) in [6.45, 7) is 4.43. The smallest absolute Gasteiger partial charge is 0.375 e. The van der Waals surface area contributed by atoms with Crippen LogP contribution in [0.2, 0.25) is 0 Å². The van der Waals surface area contributed by atoms with Crippen LogP contribution >= 0.6 is 0 Å². The Bertz CT molecular complexity index is 539. The van der Waals surface area contributed by atoms with Crippen LogP contribution in [-0.4, -0.2) is 25.4 Å². The zero-order chi connectivity index (χ0) is 15.6. The molecule has 1 saturated heterocycles. The Morgan fingerprint density at radius 2 is 1.67 bits per heavy atom.